The molecule has 0 fully saturated rings. The molecule has 0 spiro atoms. The van der Waals surface area contributed by atoms with Crippen molar-refractivity contribution in [2.45, 2.75) is 26.4 Å². The van der Waals surface area contributed by atoms with Crippen molar-refractivity contribution in [1.82, 2.24) is 0 Å². The summed E-state index contributed by atoms with van der Waals surface area (Å²) in [6.45, 7) is 3.93. The smallest absolute Gasteiger partial charge is 0.165 e. The third-order valence-electron chi connectivity index (χ3n) is 2.21. The predicted octanol–water partition coefficient (Wildman–Crippen LogP) is 2.02. The van der Waals surface area contributed by atoms with E-state index in [0.717, 1.165) is 5.56 Å². The van der Waals surface area contributed by atoms with Crippen molar-refractivity contribution < 1.29 is 14.9 Å². The lowest BCUT2D eigenvalue weighted by Crippen LogP contribution is -1.96. The number of methoxy groups -OCH3 is 1. The van der Waals surface area contributed by atoms with Gasteiger partial charge in [0.25, 0.3) is 0 Å². The Labute approximate surface area is 84.0 Å². The summed E-state index contributed by atoms with van der Waals surface area (Å²) < 4.78 is 4.99. The number of aliphatic hydroxyl groups is 1. The van der Waals surface area contributed by atoms with Gasteiger partial charge in [-0.3, -0.25) is 0 Å². The molecule has 0 aliphatic rings. The SMILES string of the molecule is COc1c(O)cc(C(C)C)cc1CO. The van der Waals surface area contributed by atoms with Crippen LogP contribution in [0, 0.1) is 0 Å². The second-order valence-electron chi connectivity index (χ2n) is 3.55. The van der Waals surface area contributed by atoms with Crippen LogP contribution in [0.3, 0.4) is 0 Å². The number of rotatable bonds is 3. The number of aliphatic hydroxyl groups excluding tert-OH is 1. The predicted molar refractivity (Wildman–Crippen MR) is 54.7 cm³/mol. The third-order valence-corrected chi connectivity index (χ3v) is 2.21. The normalized spacial score (nSPS) is 10.6. The summed E-state index contributed by atoms with van der Waals surface area (Å²) in [5, 5.41) is 18.7. The molecule has 0 heterocycles. The average Bonchev–Trinajstić information content (AvgIpc) is 2.16. The highest BCUT2D eigenvalue weighted by Crippen LogP contribution is 2.33. The van der Waals surface area contributed by atoms with Gasteiger partial charge in [-0.2, -0.15) is 0 Å². The molecule has 1 aromatic rings. The molecule has 0 saturated heterocycles. The summed E-state index contributed by atoms with van der Waals surface area (Å²) in [6, 6.07) is 3.52. The van der Waals surface area contributed by atoms with E-state index in [1.807, 2.05) is 19.9 Å². The Morgan fingerprint density at radius 2 is 2.00 bits per heavy atom. The molecule has 14 heavy (non-hydrogen) atoms. The van der Waals surface area contributed by atoms with Crippen LogP contribution < -0.4 is 4.74 Å². The Bertz CT molecular complexity index is 319. The fourth-order valence-corrected chi connectivity index (χ4v) is 1.38. The van der Waals surface area contributed by atoms with Gasteiger partial charge < -0.3 is 14.9 Å². The molecule has 3 heteroatoms. The molecule has 0 amide bonds. The zero-order chi connectivity index (χ0) is 10.7. The monoisotopic (exact) mass is 196 g/mol. The second-order valence-corrected chi connectivity index (χ2v) is 3.55. The van der Waals surface area contributed by atoms with Gasteiger partial charge >= 0.3 is 0 Å². The van der Waals surface area contributed by atoms with Gasteiger partial charge in [0, 0.05) is 5.56 Å². The van der Waals surface area contributed by atoms with Gasteiger partial charge in [0.2, 0.25) is 0 Å². The molecule has 2 N–H and O–H groups in total. The van der Waals surface area contributed by atoms with Crippen molar-refractivity contribution >= 4 is 0 Å². The highest BCUT2D eigenvalue weighted by molar-refractivity contribution is 5.49. The van der Waals surface area contributed by atoms with Crippen LogP contribution in [-0.2, 0) is 6.61 Å². The number of hydrogen-bond acceptors (Lipinski definition) is 3. The maximum atomic E-state index is 9.62. The Morgan fingerprint density at radius 1 is 1.36 bits per heavy atom. The van der Waals surface area contributed by atoms with Crippen LogP contribution in [0.1, 0.15) is 30.9 Å². The van der Waals surface area contributed by atoms with E-state index in [1.165, 1.54) is 7.11 Å². The minimum absolute atomic E-state index is 0.0859. The molecule has 0 saturated carbocycles. The fraction of sp³-hybridized carbons (Fsp3) is 0.455. The summed E-state index contributed by atoms with van der Waals surface area (Å²) in [4.78, 5) is 0. The van der Waals surface area contributed by atoms with E-state index in [-0.39, 0.29) is 12.4 Å². The zero-order valence-electron chi connectivity index (χ0n) is 8.74. The lowest BCUT2D eigenvalue weighted by Gasteiger charge is -2.13. The van der Waals surface area contributed by atoms with Gasteiger partial charge in [-0.25, -0.2) is 0 Å². The first-order valence-electron chi connectivity index (χ1n) is 4.60. The number of phenols is 1. The highest BCUT2D eigenvalue weighted by atomic mass is 16.5. The van der Waals surface area contributed by atoms with Crippen LogP contribution in [0.2, 0.25) is 0 Å². The average molecular weight is 196 g/mol. The second kappa shape index (κ2) is 4.33. The van der Waals surface area contributed by atoms with Crippen molar-refractivity contribution in [2.24, 2.45) is 0 Å². The zero-order valence-corrected chi connectivity index (χ0v) is 8.74. The van der Waals surface area contributed by atoms with E-state index < -0.39 is 0 Å². The summed E-state index contributed by atoms with van der Waals surface area (Å²) in [5.74, 6) is 0.761. The number of benzene rings is 1. The van der Waals surface area contributed by atoms with E-state index in [2.05, 4.69) is 0 Å². The van der Waals surface area contributed by atoms with E-state index in [9.17, 15) is 5.11 Å². The fourth-order valence-electron chi connectivity index (χ4n) is 1.38. The summed E-state index contributed by atoms with van der Waals surface area (Å²) in [5.41, 5.74) is 1.61. The van der Waals surface area contributed by atoms with Crippen LogP contribution >= 0.6 is 0 Å². The van der Waals surface area contributed by atoms with Gasteiger partial charge in [-0.15, -0.1) is 0 Å². The Hall–Kier alpha value is -1.22. The van der Waals surface area contributed by atoms with Crippen LogP contribution in [0.15, 0.2) is 12.1 Å². The number of hydrogen-bond donors (Lipinski definition) is 2. The quantitative estimate of drug-likeness (QED) is 0.777. The molecule has 1 rings (SSSR count). The number of aromatic hydroxyl groups is 1. The van der Waals surface area contributed by atoms with E-state index >= 15 is 0 Å². The first-order chi connectivity index (χ1) is 6.60. The van der Waals surface area contributed by atoms with Crippen molar-refractivity contribution in [3.8, 4) is 11.5 Å². The minimum Gasteiger partial charge on any atom is -0.504 e. The summed E-state index contributed by atoms with van der Waals surface area (Å²) in [7, 11) is 1.48. The van der Waals surface area contributed by atoms with Crippen molar-refractivity contribution in [2.75, 3.05) is 7.11 Å². The lowest BCUT2D eigenvalue weighted by atomic mass is 10.00. The van der Waals surface area contributed by atoms with Crippen LogP contribution in [0.25, 0.3) is 0 Å². The molecule has 0 bridgehead atoms. The van der Waals surface area contributed by atoms with Gasteiger partial charge in [-0.05, 0) is 23.6 Å². The molecule has 0 atom stereocenters. The largest absolute Gasteiger partial charge is 0.504 e. The summed E-state index contributed by atoms with van der Waals surface area (Å²) >= 11 is 0. The first-order valence-corrected chi connectivity index (χ1v) is 4.60. The molecule has 0 aromatic heterocycles. The molecular formula is C11H16O3. The maximum absolute atomic E-state index is 9.62. The molecular weight excluding hydrogens is 180 g/mol. The standard InChI is InChI=1S/C11H16O3/c1-7(2)8-4-9(6-12)11(14-3)10(13)5-8/h4-5,7,12-13H,6H2,1-3H3. The molecule has 78 valence electrons. The Morgan fingerprint density at radius 3 is 2.43 bits per heavy atom. The first kappa shape index (κ1) is 10.9. The number of ether oxygens (including phenoxy) is 1. The lowest BCUT2D eigenvalue weighted by molar-refractivity contribution is 0.270. The van der Waals surface area contributed by atoms with E-state index in [0.29, 0.717) is 17.2 Å². The van der Waals surface area contributed by atoms with Gasteiger partial charge in [0.1, 0.15) is 0 Å². The van der Waals surface area contributed by atoms with E-state index in [1.54, 1.807) is 6.07 Å². The van der Waals surface area contributed by atoms with Crippen LogP contribution in [-0.4, -0.2) is 17.3 Å². The maximum Gasteiger partial charge on any atom is 0.165 e. The molecule has 1 aromatic carbocycles. The number of phenolic OH excluding ortho intramolecular Hbond substituents is 1. The highest BCUT2D eigenvalue weighted by Gasteiger charge is 2.11. The van der Waals surface area contributed by atoms with Crippen LogP contribution in [0.4, 0.5) is 0 Å². The van der Waals surface area contributed by atoms with Crippen molar-refractivity contribution in [3.63, 3.8) is 0 Å². The minimum atomic E-state index is -0.128. The van der Waals surface area contributed by atoms with Crippen molar-refractivity contribution in [3.05, 3.63) is 23.3 Å². The van der Waals surface area contributed by atoms with Gasteiger partial charge in [-0.1, -0.05) is 13.8 Å². The Kier molecular flexibility index (Phi) is 3.36. The van der Waals surface area contributed by atoms with Crippen molar-refractivity contribution in [1.29, 1.82) is 0 Å². The molecule has 0 radical (unpaired) electrons. The van der Waals surface area contributed by atoms with E-state index in [4.69, 9.17) is 9.84 Å². The van der Waals surface area contributed by atoms with Crippen LogP contribution in [0.5, 0.6) is 11.5 Å². The van der Waals surface area contributed by atoms with Gasteiger partial charge in [0.15, 0.2) is 11.5 Å². The molecule has 0 aliphatic carbocycles. The third kappa shape index (κ3) is 1.99. The Balaban J connectivity index is 3.24. The molecule has 0 aliphatic heterocycles. The van der Waals surface area contributed by atoms with Gasteiger partial charge in [0.05, 0.1) is 13.7 Å². The topological polar surface area (TPSA) is 49.7 Å². The molecule has 3 nitrogen and oxygen atoms in total. The molecule has 0 unspecified atom stereocenters. The summed E-state index contributed by atoms with van der Waals surface area (Å²) in [6.07, 6.45) is 0.